The number of nitro groups is 1. The van der Waals surface area contributed by atoms with Gasteiger partial charge in [0.2, 0.25) is 5.75 Å². The molecule has 6 N–H and O–H groups in total. The van der Waals surface area contributed by atoms with Crippen LogP contribution in [0.5, 0.6) is 11.5 Å². The average molecular weight is 389 g/mol. The maximum atomic E-state index is 12.2. The standard InChI is InChI=1S/C18H19N3O7/c19-13(17(23)24)8-11-3-6-16(15(9-11)21(26)27)28-18(25)14(20)7-10-1-4-12(22)5-2-10/h1-6,9,13-14,22H,7-8,19-20H2,(H,23,24)/t13-,14-/m0/s1. The Labute approximate surface area is 159 Å². The number of hydrogen-bond donors (Lipinski definition) is 4. The highest BCUT2D eigenvalue weighted by atomic mass is 16.6. The van der Waals surface area contributed by atoms with E-state index in [1.807, 2.05) is 0 Å². The molecule has 2 atom stereocenters. The van der Waals surface area contributed by atoms with Crippen LogP contribution >= 0.6 is 0 Å². The molecule has 28 heavy (non-hydrogen) atoms. The molecule has 0 unspecified atom stereocenters. The zero-order valence-corrected chi connectivity index (χ0v) is 14.6. The minimum absolute atomic E-state index is 0.0678. The molecule has 0 aromatic heterocycles. The molecule has 2 rings (SSSR count). The zero-order valence-electron chi connectivity index (χ0n) is 14.6. The molecule has 0 spiro atoms. The fourth-order valence-electron chi connectivity index (χ4n) is 2.41. The second kappa shape index (κ2) is 8.93. The van der Waals surface area contributed by atoms with Gasteiger partial charge >= 0.3 is 17.6 Å². The van der Waals surface area contributed by atoms with Gasteiger partial charge in [0.15, 0.2) is 0 Å². The Balaban J connectivity index is 2.12. The van der Waals surface area contributed by atoms with Crippen LogP contribution in [0.25, 0.3) is 0 Å². The van der Waals surface area contributed by atoms with Crippen molar-refractivity contribution in [2.24, 2.45) is 11.5 Å². The van der Waals surface area contributed by atoms with Gasteiger partial charge in [-0.15, -0.1) is 0 Å². The van der Waals surface area contributed by atoms with Gasteiger partial charge in [-0.25, -0.2) is 4.79 Å². The molecule has 0 bridgehead atoms. The lowest BCUT2D eigenvalue weighted by Gasteiger charge is -2.12. The minimum atomic E-state index is -1.24. The Kier molecular flexibility index (Phi) is 6.64. The summed E-state index contributed by atoms with van der Waals surface area (Å²) in [6.07, 6.45) is -0.0107. The molecule has 0 aliphatic carbocycles. The van der Waals surface area contributed by atoms with E-state index in [0.717, 1.165) is 6.07 Å². The number of phenols is 1. The molecule has 0 amide bonds. The number of ether oxygens (including phenoxy) is 1. The van der Waals surface area contributed by atoms with Gasteiger partial charge in [-0.1, -0.05) is 18.2 Å². The fourth-order valence-corrected chi connectivity index (χ4v) is 2.41. The van der Waals surface area contributed by atoms with Crippen LogP contribution in [0.1, 0.15) is 11.1 Å². The molecule has 0 saturated heterocycles. The summed E-state index contributed by atoms with van der Waals surface area (Å²) in [5, 5.41) is 29.4. The topological polar surface area (TPSA) is 179 Å². The number of aliphatic carboxylic acids is 1. The predicted molar refractivity (Wildman–Crippen MR) is 97.8 cm³/mol. The first kappa shape index (κ1) is 20.8. The molecular formula is C18H19N3O7. The van der Waals surface area contributed by atoms with Gasteiger partial charge in [0.05, 0.1) is 4.92 Å². The van der Waals surface area contributed by atoms with E-state index in [1.165, 1.54) is 24.3 Å². The fraction of sp³-hybridized carbons (Fsp3) is 0.222. The second-order valence-electron chi connectivity index (χ2n) is 6.11. The largest absolute Gasteiger partial charge is 0.508 e. The van der Waals surface area contributed by atoms with E-state index in [4.69, 9.17) is 21.3 Å². The number of aromatic hydroxyl groups is 1. The number of nitrogens with two attached hydrogens (primary N) is 2. The number of carbonyl (C=O) groups excluding carboxylic acids is 1. The Bertz CT molecular complexity index is 883. The number of carbonyl (C=O) groups is 2. The first-order valence-electron chi connectivity index (χ1n) is 8.18. The molecule has 0 aliphatic rings. The number of rotatable bonds is 8. The van der Waals surface area contributed by atoms with Crippen molar-refractivity contribution in [1.82, 2.24) is 0 Å². The Morgan fingerprint density at radius 3 is 2.18 bits per heavy atom. The summed E-state index contributed by atoms with van der Waals surface area (Å²) in [5.41, 5.74) is 11.7. The molecular weight excluding hydrogens is 370 g/mol. The van der Waals surface area contributed by atoms with Crippen LogP contribution in [0.4, 0.5) is 5.69 Å². The van der Waals surface area contributed by atoms with Gasteiger partial charge in [0.1, 0.15) is 17.8 Å². The van der Waals surface area contributed by atoms with Gasteiger partial charge in [0.25, 0.3) is 0 Å². The molecule has 0 radical (unpaired) electrons. The summed E-state index contributed by atoms with van der Waals surface area (Å²) >= 11 is 0. The van der Waals surface area contributed by atoms with E-state index in [-0.39, 0.29) is 24.3 Å². The SMILES string of the molecule is N[C@@H](Cc1ccc(OC(=O)[C@@H](N)Cc2ccc(O)cc2)c([N+](=O)[O-])c1)C(=O)O. The molecule has 0 fully saturated rings. The van der Waals surface area contributed by atoms with Crippen LogP contribution < -0.4 is 16.2 Å². The molecule has 0 aliphatic heterocycles. The number of esters is 1. The monoisotopic (exact) mass is 389 g/mol. The highest BCUT2D eigenvalue weighted by Crippen LogP contribution is 2.29. The van der Waals surface area contributed by atoms with Crippen molar-refractivity contribution in [2.45, 2.75) is 24.9 Å². The Hall–Kier alpha value is -3.50. The van der Waals surface area contributed by atoms with Crippen molar-refractivity contribution in [3.63, 3.8) is 0 Å². The normalized spacial score (nSPS) is 12.8. The van der Waals surface area contributed by atoms with Crippen LogP contribution in [-0.2, 0) is 22.4 Å². The lowest BCUT2D eigenvalue weighted by atomic mass is 10.1. The van der Waals surface area contributed by atoms with Gasteiger partial charge in [0, 0.05) is 6.07 Å². The molecule has 10 nitrogen and oxygen atoms in total. The summed E-state index contributed by atoms with van der Waals surface area (Å²) in [7, 11) is 0. The van der Waals surface area contributed by atoms with E-state index in [0.29, 0.717) is 11.1 Å². The Morgan fingerprint density at radius 2 is 1.61 bits per heavy atom. The predicted octanol–water partition coefficient (Wildman–Crippen LogP) is 0.730. The highest BCUT2D eigenvalue weighted by Gasteiger charge is 2.23. The average Bonchev–Trinajstić information content (AvgIpc) is 2.64. The Morgan fingerprint density at radius 1 is 1.04 bits per heavy atom. The van der Waals surface area contributed by atoms with Crippen molar-refractivity contribution < 1.29 is 29.5 Å². The molecule has 0 heterocycles. The van der Waals surface area contributed by atoms with Crippen molar-refractivity contribution in [2.75, 3.05) is 0 Å². The van der Waals surface area contributed by atoms with Gasteiger partial charge in [-0.3, -0.25) is 14.9 Å². The number of nitro benzene ring substituents is 1. The van der Waals surface area contributed by atoms with E-state index in [2.05, 4.69) is 0 Å². The van der Waals surface area contributed by atoms with Crippen molar-refractivity contribution in [3.05, 3.63) is 63.7 Å². The van der Waals surface area contributed by atoms with Gasteiger partial charge < -0.3 is 26.4 Å². The van der Waals surface area contributed by atoms with Crippen LogP contribution in [-0.4, -0.2) is 39.2 Å². The third kappa shape index (κ3) is 5.50. The summed E-state index contributed by atoms with van der Waals surface area (Å²) in [6.45, 7) is 0. The lowest BCUT2D eigenvalue weighted by molar-refractivity contribution is -0.385. The lowest BCUT2D eigenvalue weighted by Crippen LogP contribution is -2.36. The number of nitrogens with zero attached hydrogens (tertiary/aromatic N) is 1. The highest BCUT2D eigenvalue weighted by molar-refractivity contribution is 5.79. The first-order chi connectivity index (χ1) is 13.2. The molecule has 10 heteroatoms. The van der Waals surface area contributed by atoms with Crippen LogP contribution in [0.15, 0.2) is 42.5 Å². The third-order valence-corrected chi connectivity index (χ3v) is 3.90. The van der Waals surface area contributed by atoms with Crippen molar-refractivity contribution >= 4 is 17.6 Å². The second-order valence-corrected chi connectivity index (χ2v) is 6.11. The van der Waals surface area contributed by atoms with E-state index in [9.17, 15) is 24.8 Å². The maximum absolute atomic E-state index is 12.2. The van der Waals surface area contributed by atoms with Gasteiger partial charge in [-0.05, 0) is 42.2 Å². The van der Waals surface area contributed by atoms with Crippen LogP contribution in [0.2, 0.25) is 0 Å². The van der Waals surface area contributed by atoms with E-state index < -0.39 is 34.6 Å². The van der Waals surface area contributed by atoms with Crippen molar-refractivity contribution in [1.29, 1.82) is 0 Å². The molecule has 2 aromatic carbocycles. The van der Waals surface area contributed by atoms with E-state index in [1.54, 1.807) is 12.1 Å². The zero-order chi connectivity index (χ0) is 20.8. The number of phenolic OH excluding ortho intramolecular Hbond substituents is 1. The summed E-state index contributed by atoms with van der Waals surface area (Å²) < 4.78 is 5.07. The number of hydrogen-bond acceptors (Lipinski definition) is 8. The number of carboxylic acid groups (broad SMARTS) is 1. The number of carboxylic acids is 1. The minimum Gasteiger partial charge on any atom is -0.508 e. The summed E-state index contributed by atoms with van der Waals surface area (Å²) in [6, 6.07) is 7.47. The molecule has 2 aromatic rings. The first-order valence-corrected chi connectivity index (χ1v) is 8.18. The third-order valence-electron chi connectivity index (χ3n) is 3.90. The maximum Gasteiger partial charge on any atom is 0.328 e. The van der Waals surface area contributed by atoms with E-state index >= 15 is 0 Å². The summed E-state index contributed by atoms with van der Waals surface area (Å²) in [4.78, 5) is 33.5. The number of benzene rings is 2. The van der Waals surface area contributed by atoms with Crippen LogP contribution in [0.3, 0.4) is 0 Å². The van der Waals surface area contributed by atoms with Crippen molar-refractivity contribution in [3.8, 4) is 11.5 Å². The summed E-state index contributed by atoms with van der Waals surface area (Å²) in [5.74, 6) is -2.34. The smallest absolute Gasteiger partial charge is 0.328 e. The molecule has 148 valence electrons. The quantitative estimate of drug-likeness (QED) is 0.219. The molecule has 0 saturated carbocycles. The van der Waals surface area contributed by atoms with Gasteiger partial charge in [-0.2, -0.15) is 0 Å². The van der Waals surface area contributed by atoms with Crippen LogP contribution in [0, 0.1) is 10.1 Å².